The van der Waals surface area contributed by atoms with E-state index in [-0.39, 0.29) is 24.9 Å². The lowest BCUT2D eigenvalue weighted by Gasteiger charge is -2.15. The largest absolute Gasteiger partial charge is 0.456 e. The number of fused-ring (bicyclic) bond motifs is 2. The van der Waals surface area contributed by atoms with Gasteiger partial charge in [0.2, 0.25) is 0 Å². The molecule has 2 fully saturated rings. The van der Waals surface area contributed by atoms with Gasteiger partial charge in [0.15, 0.2) is 11.8 Å². The minimum atomic E-state index is -0.636. The minimum absolute atomic E-state index is 0.240. The van der Waals surface area contributed by atoms with Crippen molar-refractivity contribution in [1.29, 1.82) is 0 Å². The molecule has 11 heteroatoms. The van der Waals surface area contributed by atoms with Crippen LogP contribution < -0.4 is 4.74 Å². The summed E-state index contributed by atoms with van der Waals surface area (Å²) in [4.78, 5) is 12.3. The van der Waals surface area contributed by atoms with Crippen LogP contribution in [0.5, 0.6) is 6.01 Å². The number of H-pyrrole nitrogens is 1. The summed E-state index contributed by atoms with van der Waals surface area (Å²) >= 11 is 6.61. The molecule has 2 aliphatic rings. The summed E-state index contributed by atoms with van der Waals surface area (Å²) < 4.78 is 19.0. The van der Waals surface area contributed by atoms with Crippen molar-refractivity contribution >= 4 is 22.8 Å². The molecule has 0 saturated carbocycles. The van der Waals surface area contributed by atoms with Gasteiger partial charge in [-0.3, -0.25) is 0 Å². The maximum atomic E-state index is 9.94. The van der Waals surface area contributed by atoms with Crippen LogP contribution in [-0.4, -0.2) is 72.7 Å². The van der Waals surface area contributed by atoms with Gasteiger partial charge in [0.05, 0.1) is 42.2 Å². The average molecular weight is 531 g/mol. The maximum Gasteiger partial charge on any atom is 0.296 e. The SMILES string of the molecule is O[C@@H]1CO[C@H]2[C@@H]1OC[C@H]2Oc1nc2nc(-c3ccc(-c4ccc(Cn5ccnn5)cc4)cc3)c(Cl)cc2[nH]1. The van der Waals surface area contributed by atoms with E-state index >= 15 is 0 Å². The van der Waals surface area contributed by atoms with Gasteiger partial charge in [-0.2, -0.15) is 4.98 Å². The van der Waals surface area contributed by atoms with Gasteiger partial charge in [0, 0.05) is 11.8 Å². The Labute approximate surface area is 222 Å². The van der Waals surface area contributed by atoms with Crippen LogP contribution >= 0.6 is 11.6 Å². The number of hydrogen-bond acceptors (Lipinski definition) is 8. The standard InChI is InChI=1S/C27H23ClN6O4/c28-19-11-20-26(32-27(30-20)38-22-14-37-24-21(35)13-36-25(22)24)31-23(19)18-7-5-17(6-8-18)16-3-1-15(2-4-16)12-34-10-9-29-33-34/h1-11,21-22,24-25,35H,12-14H2,(H,30,31,32)/t21-,22-,24-,25-/m1/s1. The minimum Gasteiger partial charge on any atom is -0.456 e. The quantitative estimate of drug-likeness (QED) is 0.342. The van der Waals surface area contributed by atoms with E-state index in [0.29, 0.717) is 41.0 Å². The van der Waals surface area contributed by atoms with Crippen LogP contribution in [0.25, 0.3) is 33.5 Å². The summed E-state index contributed by atoms with van der Waals surface area (Å²) in [6, 6.07) is 18.6. The molecule has 7 rings (SSSR count). The normalized spacial score (nSPS) is 22.7. The Morgan fingerprint density at radius 1 is 0.974 bits per heavy atom. The van der Waals surface area contributed by atoms with Crippen molar-refractivity contribution in [3.63, 3.8) is 0 Å². The highest BCUT2D eigenvalue weighted by Gasteiger charge is 2.48. The van der Waals surface area contributed by atoms with Crippen molar-refractivity contribution in [3.05, 3.63) is 77.6 Å². The predicted octanol–water partition coefficient (Wildman–Crippen LogP) is 3.49. The Kier molecular flexibility index (Phi) is 5.81. The molecular weight excluding hydrogens is 508 g/mol. The van der Waals surface area contributed by atoms with Crippen LogP contribution in [0.3, 0.4) is 0 Å². The zero-order valence-corrected chi connectivity index (χ0v) is 20.8. The van der Waals surface area contributed by atoms with Crippen molar-refractivity contribution in [3.8, 4) is 28.4 Å². The van der Waals surface area contributed by atoms with E-state index in [1.807, 2.05) is 18.3 Å². The first kappa shape index (κ1) is 23.3. The molecule has 4 atom stereocenters. The summed E-state index contributed by atoms with van der Waals surface area (Å²) in [5.41, 5.74) is 6.03. The Morgan fingerprint density at radius 3 is 2.47 bits per heavy atom. The van der Waals surface area contributed by atoms with Crippen LogP contribution in [0.1, 0.15) is 5.56 Å². The fraction of sp³-hybridized carbons (Fsp3) is 0.259. The number of nitrogens with one attached hydrogen (secondary N) is 1. The molecule has 0 spiro atoms. The molecule has 10 nitrogen and oxygen atoms in total. The van der Waals surface area contributed by atoms with Gasteiger partial charge in [-0.15, -0.1) is 5.10 Å². The van der Waals surface area contributed by atoms with Gasteiger partial charge in [-0.25, -0.2) is 9.67 Å². The third-order valence-electron chi connectivity index (χ3n) is 6.91. The highest BCUT2D eigenvalue weighted by Crippen LogP contribution is 2.33. The topological polar surface area (TPSA) is 120 Å². The van der Waals surface area contributed by atoms with Crippen molar-refractivity contribution in [2.45, 2.75) is 31.0 Å². The third-order valence-corrected chi connectivity index (χ3v) is 7.20. The number of ether oxygens (including phenoxy) is 3. The van der Waals surface area contributed by atoms with Crippen LogP contribution in [-0.2, 0) is 16.0 Å². The number of rotatable bonds is 6. The maximum absolute atomic E-state index is 9.94. The summed E-state index contributed by atoms with van der Waals surface area (Å²) in [6.07, 6.45) is 1.82. The van der Waals surface area contributed by atoms with Crippen LogP contribution in [0, 0.1) is 0 Å². The zero-order valence-electron chi connectivity index (χ0n) is 20.1. The Morgan fingerprint density at radius 2 is 1.71 bits per heavy atom. The molecule has 5 aromatic rings. The van der Waals surface area contributed by atoms with Crippen LogP contribution in [0.2, 0.25) is 5.02 Å². The number of hydrogen-bond donors (Lipinski definition) is 2. The van der Waals surface area contributed by atoms with E-state index < -0.39 is 6.10 Å². The molecule has 2 aliphatic heterocycles. The first-order valence-electron chi connectivity index (χ1n) is 12.3. The number of aliphatic hydroxyl groups is 1. The molecule has 0 aliphatic carbocycles. The van der Waals surface area contributed by atoms with Crippen LogP contribution in [0.15, 0.2) is 67.0 Å². The van der Waals surface area contributed by atoms with E-state index in [2.05, 4.69) is 56.7 Å². The molecule has 0 unspecified atom stereocenters. The summed E-state index contributed by atoms with van der Waals surface area (Å²) in [5, 5.41) is 18.3. The molecule has 2 aromatic carbocycles. The second kappa shape index (κ2) is 9.48. The fourth-order valence-electron chi connectivity index (χ4n) is 4.97. The molecule has 2 N–H and O–H groups in total. The van der Waals surface area contributed by atoms with E-state index in [9.17, 15) is 5.11 Å². The van der Waals surface area contributed by atoms with E-state index in [1.54, 1.807) is 16.9 Å². The number of nitrogens with zero attached hydrogens (tertiary/aromatic N) is 5. The van der Waals surface area contributed by atoms with E-state index in [4.69, 9.17) is 30.8 Å². The Hall–Kier alpha value is -3.83. The number of halogens is 1. The van der Waals surface area contributed by atoms with Crippen molar-refractivity contribution in [1.82, 2.24) is 29.9 Å². The zero-order chi connectivity index (χ0) is 25.6. The second-order valence-electron chi connectivity index (χ2n) is 9.43. The lowest BCUT2D eigenvalue weighted by atomic mass is 10.0. The molecule has 3 aromatic heterocycles. The number of aromatic amines is 1. The number of aromatic nitrogens is 6. The summed E-state index contributed by atoms with van der Waals surface area (Å²) in [5.74, 6) is 0. The van der Waals surface area contributed by atoms with Gasteiger partial charge >= 0.3 is 0 Å². The van der Waals surface area contributed by atoms with Gasteiger partial charge < -0.3 is 24.3 Å². The van der Waals surface area contributed by atoms with Gasteiger partial charge in [0.25, 0.3) is 6.01 Å². The average Bonchev–Trinajstić information content (AvgIpc) is 3.72. The molecule has 2 saturated heterocycles. The van der Waals surface area contributed by atoms with Crippen LogP contribution in [0.4, 0.5) is 0 Å². The monoisotopic (exact) mass is 530 g/mol. The van der Waals surface area contributed by atoms with Gasteiger partial charge in [-0.1, -0.05) is 65.3 Å². The lowest BCUT2D eigenvalue weighted by Crippen LogP contribution is -2.34. The first-order valence-corrected chi connectivity index (χ1v) is 12.7. The predicted molar refractivity (Wildman–Crippen MR) is 139 cm³/mol. The number of benzene rings is 2. The molecule has 0 radical (unpaired) electrons. The number of imidazole rings is 1. The molecule has 0 bridgehead atoms. The van der Waals surface area contributed by atoms with E-state index in [1.165, 1.54) is 0 Å². The number of pyridine rings is 1. The van der Waals surface area contributed by atoms with E-state index in [0.717, 1.165) is 22.3 Å². The fourth-order valence-corrected chi connectivity index (χ4v) is 5.23. The highest BCUT2D eigenvalue weighted by molar-refractivity contribution is 6.33. The second-order valence-corrected chi connectivity index (χ2v) is 9.83. The third kappa shape index (κ3) is 4.31. The molecule has 5 heterocycles. The molecule has 38 heavy (non-hydrogen) atoms. The first-order chi connectivity index (χ1) is 18.6. The molecule has 0 amide bonds. The van der Waals surface area contributed by atoms with Gasteiger partial charge in [0.1, 0.15) is 18.3 Å². The van der Waals surface area contributed by atoms with Gasteiger partial charge in [-0.05, 0) is 22.8 Å². The summed E-state index contributed by atoms with van der Waals surface area (Å²) in [7, 11) is 0. The lowest BCUT2D eigenvalue weighted by molar-refractivity contribution is 0.00706. The molecular formula is C27H23ClN6O4. The Bertz CT molecular complexity index is 1570. The smallest absolute Gasteiger partial charge is 0.296 e. The van der Waals surface area contributed by atoms with Crippen molar-refractivity contribution in [2.24, 2.45) is 0 Å². The van der Waals surface area contributed by atoms with Crippen molar-refractivity contribution in [2.75, 3.05) is 13.2 Å². The highest BCUT2D eigenvalue weighted by atomic mass is 35.5. The summed E-state index contributed by atoms with van der Waals surface area (Å²) in [6.45, 7) is 1.24. The van der Waals surface area contributed by atoms with Crippen molar-refractivity contribution < 1.29 is 19.3 Å². The Balaban J connectivity index is 1.09. The molecule has 192 valence electrons. The number of aliphatic hydroxyl groups excluding tert-OH is 1.